The minimum Gasteiger partial charge on any atom is -0.506 e. The zero-order valence-electron chi connectivity index (χ0n) is 12.0. The number of nitrogens with one attached hydrogen (secondary N) is 1. The molecule has 2 N–H and O–H groups in total. The van der Waals surface area contributed by atoms with Crippen molar-refractivity contribution in [1.82, 2.24) is 9.55 Å². The van der Waals surface area contributed by atoms with Crippen LogP contribution in [-0.4, -0.2) is 20.6 Å². The Morgan fingerprint density at radius 3 is 2.95 bits per heavy atom. The van der Waals surface area contributed by atoms with Crippen molar-refractivity contribution >= 4 is 11.6 Å². The Bertz CT molecular complexity index is 638. The second-order valence-electron chi connectivity index (χ2n) is 5.09. The number of phenols is 1. The number of aromatic nitrogens is 2. The monoisotopic (exact) mass is 291 g/mol. The van der Waals surface area contributed by atoms with Crippen molar-refractivity contribution in [2.75, 3.05) is 5.32 Å². The lowest BCUT2D eigenvalue weighted by molar-refractivity contribution is -0.116. The van der Waals surface area contributed by atoms with E-state index in [9.17, 15) is 14.3 Å². The van der Waals surface area contributed by atoms with Gasteiger partial charge in [0.25, 0.3) is 0 Å². The normalized spacial score (nSPS) is 10.9. The van der Waals surface area contributed by atoms with Crippen molar-refractivity contribution in [3.8, 4) is 5.75 Å². The van der Waals surface area contributed by atoms with Gasteiger partial charge in [0.05, 0.1) is 5.69 Å². The third kappa shape index (κ3) is 3.81. The number of amides is 1. The second-order valence-corrected chi connectivity index (χ2v) is 5.09. The summed E-state index contributed by atoms with van der Waals surface area (Å²) in [5, 5.41) is 12.1. The van der Waals surface area contributed by atoms with Gasteiger partial charge in [0.2, 0.25) is 5.91 Å². The number of rotatable bonds is 5. The molecule has 21 heavy (non-hydrogen) atoms. The second kappa shape index (κ2) is 6.39. The largest absolute Gasteiger partial charge is 0.506 e. The molecule has 0 saturated carbocycles. The van der Waals surface area contributed by atoms with Crippen molar-refractivity contribution in [3.63, 3.8) is 0 Å². The Morgan fingerprint density at radius 1 is 1.48 bits per heavy atom. The van der Waals surface area contributed by atoms with E-state index in [2.05, 4.69) is 10.3 Å². The number of imidazole rings is 1. The summed E-state index contributed by atoms with van der Waals surface area (Å²) in [6, 6.07) is 3.42. The van der Waals surface area contributed by atoms with E-state index in [4.69, 9.17) is 0 Å². The standard InChI is InChI=1S/C15H18FN3O2/c1-10(2)15-17-6-8-19(15)7-5-14(21)18-12-9-11(16)3-4-13(12)20/h3-4,6,8-10,20H,5,7H2,1-2H3,(H,18,21). The number of nitrogens with zero attached hydrogens (tertiary/aromatic N) is 2. The fourth-order valence-corrected chi connectivity index (χ4v) is 2.05. The van der Waals surface area contributed by atoms with Crippen LogP contribution in [0.5, 0.6) is 5.75 Å². The Kier molecular flexibility index (Phi) is 4.57. The molecule has 6 heteroatoms. The van der Waals surface area contributed by atoms with Gasteiger partial charge in [-0.1, -0.05) is 13.8 Å². The van der Waals surface area contributed by atoms with Crippen molar-refractivity contribution in [3.05, 3.63) is 42.2 Å². The fourth-order valence-electron chi connectivity index (χ4n) is 2.05. The molecule has 2 aromatic rings. The number of aryl methyl sites for hydroxylation is 1. The molecule has 0 spiro atoms. The molecule has 0 aliphatic heterocycles. The molecule has 0 radical (unpaired) electrons. The molecule has 1 amide bonds. The molecule has 1 heterocycles. The molecule has 5 nitrogen and oxygen atoms in total. The maximum Gasteiger partial charge on any atom is 0.226 e. The molecule has 1 aromatic carbocycles. The van der Waals surface area contributed by atoms with Crippen LogP contribution in [-0.2, 0) is 11.3 Å². The summed E-state index contributed by atoms with van der Waals surface area (Å²) < 4.78 is 15.0. The number of hydrogen-bond acceptors (Lipinski definition) is 3. The third-order valence-electron chi connectivity index (χ3n) is 3.08. The van der Waals surface area contributed by atoms with Gasteiger partial charge in [-0.2, -0.15) is 0 Å². The van der Waals surface area contributed by atoms with Gasteiger partial charge in [0.1, 0.15) is 17.4 Å². The van der Waals surface area contributed by atoms with Gasteiger partial charge in [-0.15, -0.1) is 0 Å². The van der Waals surface area contributed by atoms with Crippen LogP contribution in [0.25, 0.3) is 0 Å². The predicted molar refractivity (Wildman–Crippen MR) is 77.6 cm³/mol. The molecule has 0 bridgehead atoms. The average molecular weight is 291 g/mol. The Labute approximate surface area is 122 Å². The summed E-state index contributed by atoms with van der Waals surface area (Å²) in [5.74, 6) is 0.223. The first-order valence-corrected chi connectivity index (χ1v) is 6.76. The maximum absolute atomic E-state index is 13.1. The minimum atomic E-state index is -0.514. The van der Waals surface area contributed by atoms with Crippen molar-refractivity contribution in [2.45, 2.75) is 32.7 Å². The Balaban J connectivity index is 1.96. The van der Waals surface area contributed by atoms with Gasteiger partial charge in [-0.3, -0.25) is 4.79 Å². The quantitative estimate of drug-likeness (QED) is 0.832. The molecule has 1 aromatic heterocycles. The molecule has 112 valence electrons. The van der Waals surface area contributed by atoms with Crippen molar-refractivity contribution in [2.24, 2.45) is 0 Å². The zero-order chi connectivity index (χ0) is 15.4. The summed E-state index contributed by atoms with van der Waals surface area (Å²) in [7, 11) is 0. The predicted octanol–water partition coefficient (Wildman–Crippen LogP) is 2.88. The van der Waals surface area contributed by atoms with Gasteiger partial charge in [0, 0.05) is 37.3 Å². The minimum absolute atomic E-state index is 0.0784. The lowest BCUT2D eigenvalue weighted by atomic mass is 10.2. The number of halogens is 1. The van der Waals surface area contributed by atoms with Crippen LogP contribution in [0.2, 0.25) is 0 Å². The molecule has 0 aliphatic carbocycles. The van der Waals surface area contributed by atoms with Crippen LogP contribution in [0.3, 0.4) is 0 Å². The number of carbonyl (C=O) groups excluding carboxylic acids is 1. The van der Waals surface area contributed by atoms with E-state index in [0.717, 1.165) is 18.0 Å². The summed E-state index contributed by atoms with van der Waals surface area (Å²) in [6.45, 7) is 4.54. The zero-order valence-corrected chi connectivity index (χ0v) is 12.0. The van der Waals surface area contributed by atoms with Crippen LogP contribution in [0.4, 0.5) is 10.1 Å². The van der Waals surface area contributed by atoms with E-state index >= 15 is 0 Å². The van der Waals surface area contributed by atoms with E-state index in [1.807, 2.05) is 24.6 Å². The number of phenolic OH excluding ortho intramolecular Hbond substituents is 1. The van der Waals surface area contributed by atoms with Crippen molar-refractivity contribution < 1.29 is 14.3 Å². The van der Waals surface area contributed by atoms with Crippen LogP contribution < -0.4 is 5.32 Å². The van der Waals surface area contributed by atoms with E-state index in [-0.39, 0.29) is 29.7 Å². The SMILES string of the molecule is CC(C)c1nccn1CCC(=O)Nc1cc(F)ccc1O. The van der Waals surface area contributed by atoms with Crippen LogP contribution in [0, 0.1) is 5.82 Å². The highest BCUT2D eigenvalue weighted by Gasteiger charge is 2.10. The van der Waals surface area contributed by atoms with Gasteiger partial charge >= 0.3 is 0 Å². The lowest BCUT2D eigenvalue weighted by Crippen LogP contribution is -2.15. The summed E-state index contributed by atoms with van der Waals surface area (Å²) in [6.07, 6.45) is 3.74. The number of anilines is 1. The van der Waals surface area contributed by atoms with E-state index in [0.29, 0.717) is 6.54 Å². The van der Waals surface area contributed by atoms with Crippen LogP contribution in [0.15, 0.2) is 30.6 Å². The first-order valence-electron chi connectivity index (χ1n) is 6.76. The van der Waals surface area contributed by atoms with Crippen LogP contribution in [0.1, 0.15) is 32.0 Å². The smallest absolute Gasteiger partial charge is 0.226 e. The molecular formula is C15H18FN3O2. The van der Waals surface area contributed by atoms with Gasteiger partial charge < -0.3 is 15.0 Å². The van der Waals surface area contributed by atoms with E-state index < -0.39 is 5.82 Å². The number of aromatic hydroxyl groups is 1. The van der Waals surface area contributed by atoms with E-state index in [1.165, 1.54) is 6.07 Å². The molecular weight excluding hydrogens is 273 g/mol. The highest BCUT2D eigenvalue weighted by atomic mass is 19.1. The molecule has 0 aliphatic rings. The first kappa shape index (κ1) is 15.0. The van der Waals surface area contributed by atoms with Gasteiger partial charge in [0.15, 0.2) is 0 Å². The summed E-state index contributed by atoms with van der Waals surface area (Å²) in [4.78, 5) is 16.1. The van der Waals surface area contributed by atoms with Crippen molar-refractivity contribution in [1.29, 1.82) is 0 Å². The topological polar surface area (TPSA) is 67.2 Å². The Hall–Kier alpha value is -2.37. The average Bonchev–Trinajstić information content (AvgIpc) is 2.89. The maximum atomic E-state index is 13.1. The molecule has 2 rings (SSSR count). The summed E-state index contributed by atoms with van der Waals surface area (Å²) >= 11 is 0. The highest BCUT2D eigenvalue weighted by Crippen LogP contribution is 2.23. The third-order valence-corrected chi connectivity index (χ3v) is 3.08. The van der Waals surface area contributed by atoms with Gasteiger partial charge in [-0.25, -0.2) is 9.37 Å². The molecule has 0 saturated heterocycles. The fraction of sp³-hybridized carbons (Fsp3) is 0.333. The summed E-state index contributed by atoms with van der Waals surface area (Å²) in [5.41, 5.74) is 0.0784. The van der Waals surface area contributed by atoms with Gasteiger partial charge in [-0.05, 0) is 12.1 Å². The lowest BCUT2D eigenvalue weighted by Gasteiger charge is -2.11. The molecule has 0 unspecified atom stereocenters. The molecule has 0 atom stereocenters. The molecule has 0 fully saturated rings. The highest BCUT2D eigenvalue weighted by molar-refractivity contribution is 5.92. The van der Waals surface area contributed by atoms with E-state index in [1.54, 1.807) is 6.20 Å². The van der Waals surface area contributed by atoms with Crippen LogP contribution >= 0.6 is 0 Å². The Morgan fingerprint density at radius 2 is 2.24 bits per heavy atom. The first-order chi connectivity index (χ1) is 9.97. The number of benzene rings is 1. The number of hydrogen-bond donors (Lipinski definition) is 2. The number of carbonyl (C=O) groups is 1.